The van der Waals surface area contributed by atoms with Crippen LogP contribution in [0.4, 0.5) is 11.4 Å². The normalized spacial score (nSPS) is 23.8. The third-order valence-electron chi connectivity index (χ3n) is 3.74. The van der Waals surface area contributed by atoms with Gasteiger partial charge in [0.15, 0.2) is 0 Å². The summed E-state index contributed by atoms with van der Waals surface area (Å²) in [6, 6.07) is 5.28. The molecule has 1 aliphatic carbocycles. The second-order valence-corrected chi connectivity index (χ2v) is 5.35. The van der Waals surface area contributed by atoms with Gasteiger partial charge in [0.1, 0.15) is 6.54 Å². The third kappa shape index (κ3) is 2.03. The number of benzene rings is 1. The van der Waals surface area contributed by atoms with Gasteiger partial charge in [0, 0.05) is 0 Å². The molecule has 2 fully saturated rings. The zero-order valence-electron chi connectivity index (χ0n) is 11.1. The maximum absolute atomic E-state index is 11.9. The number of imide groups is 1. The number of nitrogens with two attached hydrogens (primary N) is 1. The van der Waals surface area contributed by atoms with E-state index in [2.05, 4.69) is 5.32 Å². The molecule has 0 spiro atoms. The molecule has 0 aromatic heterocycles. The van der Waals surface area contributed by atoms with Crippen molar-refractivity contribution in [1.29, 1.82) is 0 Å². The van der Waals surface area contributed by atoms with Crippen molar-refractivity contribution in [1.82, 2.24) is 4.90 Å². The first kappa shape index (κ1) is 12.7. The Morgan fingerprint density at radius 3 is 2.60 bits per heavy atom. The molecular formula is C14H15N3O3. The maximum atomic E-state index is 11.9. The molecule has 1 saturated carbocycles. The first-order valence-electron chi connectivity index (χ1n) is 6.48. The molecule has 0 radical (unpaired) electrons. The van der Waals surface area contributed by atoms with Crippen molar-refractivity contribution in [2.75, 3.05) is 17.6 Å². The van der Waals surface area contributed by atoms with Crippen LogP contribution in [0.25, 0.3) is 0 Å². The fourth-order valence-corrected chi connectivity index (χ4v) is 2.53. The van der Waals surface area contributed by atoms with Crippen LogP contribution >= 0.6 is 0 Å². The van der Waals surface area contributed by atoms with E-state index in [1.54, 1.807) is 12.1 Å². The van der Waals surface area contributed by atoms with E-state index in [4.69, 9.17) is 5.73 Å². The molecule has 2 atom stereocenters. The highest BCUT2D eigenvalue weighted by molar-refractivity contribution is 6.11. The van der Waals surface area contributed by atoms with Crippen molar-refractivity contribution < 1.29 is 14.4 Å². The summed E-state index contributed by atoms with van der Waals surface area (Å²) in [6.07, 6.45) is 0.640. The number of nitrogen functional groups attached to an aromatic ring is 1. The largest absolute Gasteiger partial charge is 0.397 e. The summed E-state index contributed by atoms with van der Waals surface area (Å²) in [6.45, 7) is 1.66. The van der Waals surface area contributed by atoms with Crippen molar-refractivity contribution >= 4 is 29.1 Å². The summed E-state index contributed by atoms with van der Waals surface area (Å²) >= 11 is 0. The Morgan fingerprint density at radius 1 is 1.35 bits per heavy atom. The number of carbonyl (C=O) groups is 3. The van der Waals surface area contributed by atoms with Crippen LogP contribution in [0, 0.1) is 18.8 Å². The molecule has 3 rings (SSSR count). The smallest absolute Gasteiger partial charge is 0.244 e. The number of aryl methyl sites for hydroxylation is 1. The lowest BCUT2D eigenvalue weighted by Crippen LogP contribution is -2.39. The molecule has 1 aromatic rings. The molecule has 6 heteroatoms. The minimum Gasteiger partial charge on any atom is -0.397 e. The first-order chi connectivity index (χ1) is 9.47. The summed E-state index contributed by atoms with van der Waals surface area (Å²) in [7, 11) is 0. The lowest BCUT2D eigenvalue weighted by molar-refractivity contribution is -0.143. The predicted molar refractivity (Wildman–Crippen MR) is 72.5 cm³/mol. The van der Waals surface area contributed by atoms with E-state index in [0.29, 0.717) is 17.8 Å². The highest BCUT2D eigenvalue weighted by Gasteiger charge is 2.59. The third-order valence-corrected chi connectivity index (χ3v) is 3.74. The lowest BCUT2D eigenvalue weighted by Gasteiger charge is -2.16. The lowest BCUT2D eigenvalue weighted by atomic mass is 10.2. The van der Waals surface area contributed by atoms with Crippen LogP contribution < -0.4 is 11.1 Å². The number of nitrogens with one attached hydrogen (secondary N) is 1. The minimum atomic E-state index is -0.413. The summed E-state index contributed by atoms with van der Waals surface area (Å²) in [5.41, 5.74) is 7.74. The Labute approximate surface area is 115 Å². The van der Waals surface area contributed by atoms with Gasteiger partial charge in [-0.1, -0.05) is 6.07 Å². The van der Waals surface area contributed by atoms with Gasteiger partial charge in [-0.25, -0.2) is 0 Å². The maximum Gasteiger partial charge on any atom is 0.244 e. The Morgan fingerprint density at radius 2 is 2.00 bits per heavy atom. The second-order valence-electron chi connectivity index (χ2n) is 5.35. The zero-order valence-corrected chi connectivity index (χ0v) is 11.1. The summed E-state index contributed by atoms with van der Waals surface area (Å²) in [5.74, 6) is -1.23. The van der Waals surface area contributed by atoms with E-state index < -0.39 is 5.91 Å². The van der Waals surface area contributed by atoms with Gasteiger partial charge in [0.25, 0.3) is 0 Å². The van der Waals surface area contributed by atoms with Crippen molar-refractivity contribution in [3.63, 3.8) is 0 Å². The van der Waals surface area contributed by atoms with Gasteiger partial charge >= 0.3 is 0 Å². The molecule has 0 bridgehead atoms. The number of nitrogens with zero attached hydrogens (tertiary/aromatic N) is 1. The minimum absolute atomic E-state index is 0.181. The Hall–Kier alpha value is -2.37. The van der Waals surface area contributed by atoms with E-state index in [-0.39, 0.29) is 30.2 Å². The zero-order chi connectivity index (χ0) is 14.4. The summed E-state index contributed by atoms with van der Waals surface area (Å²) < 4.78 is 0. The molecule has 2 aliphatic rings. The van der Waals surface area contributed by atoms with Crippen molar-refractivity contribution in [2.45, 2.75) is 13.3 Å². The summed E-state index contributed by atoms with van der Waals surface area (Å²) in [4.78, 5) is 36.5. The number of rotatable bonds is 3. The van der Waals surface area contributed by atoms with Crippen LogP contribution in [0.15, 0.2) is 18.2 Å². The van der Waals surface area contributed by atoms with Gasteiger partial charge in [-0.2, -0.15) is 0 Å². The number of hydrogen-bond acceptors (Lipinski definition) is 4. The van der Waals surface area contributed by atoms with Gasteiger partial charge in [0.2, 0.25) is 17.7 Å². The number of carbonyl (C=O) groups excluding carboxylic acids is 3. The Bertz CT molecular complexity index is 606. The van der Waals surface area contributed by atoms with Gasteiger partial charge in [0.05, 0.1) is 23.2 Å². The number of fused-ring (bicyclic) bond motifs is 1. The fourth-order valence-electron chi connectivity index (χ4n) is 2.53. The number of likely N-dealkylation sites (tertiary alicyclic amines) is 1. The Balaban J connectivity index is 1.65. The topological polar surface area (TPSA) is 92.5 Å². The molecule has 104 valence electrons. The molecule has 1 saturated heterocycles. The molecule has 3 N–H and O–H groups in total. The highest BCUT2D eigenvalue weighted by atomic mass is 16.2. The van der Waals surface area contributed by atoms with Crippen LogP contribution in [0.3, 0.4) is 0 Å². The SMILES string of the molecule is Cc1ccc(NC(=O)CN2C(=O)C3CC3C2=O)c(N)c1. The first-order valence-corrected chi connectivity index (χ1v) is 6.48. The standard InChI is InChI=1S/C14H15N3O3/c1-7-2-3-11(10(15)4-7)16-12(18)6-17-13(19)8-5-9(8)14(17)20/h2-4,8-9H,5-6,15H2,1H3,(H,16,18). The highest BCUT2D eigenvalue weighted by Crippen LogP contribution is 2.46. The number of hydrogen-bond donors (Lipinski definition) is 2. The van der Waals surface area contributed by atoms with E-state index in [1.807, 2.05) is 13.0 Å². The van der Waals surface area contributed by atoms with Crippen LogP contribution in [0.2, 0.25) is 0 Å². The van der Waals surface area contributed by atoms with E-state index in [9.17, 15) is 14.4 Å². The predicted octanol–water partition coefficient (Wildman–Crippen LogP) is 0.521. The number of amides is 3. The van der Waals surface area contributed by atoms with Gasteiger partial charge < -0.3 is 11.1 Å². The van der Waals surface area contributed by atoms with E-state index in [0.717, 1.165) is 10.5 Å². The van der Waals surface area contributed by atoms with Gasteiger partial charge in [-0.3, -0.25) is 19.3 Å². The molecule has 2 unspecified atom stereocenters. The summed E-state index contributed by atoms with van der Waals surface area (Å²) in [5, 5.41) is 2.63. The van der Waals surface area contributed by atoms with Gasteiger partial charge in [-0.05, 0) is 31.0 Å². The molecule has 6 nitrogen and oxygen atoms in total. The van der Waals surface area contributed by atoms with Crippen LogP contribution in [0.5, 0.6) is 0 Å². The average Bonchev–Trinajstić information content (AvgIpc) is 3.13. The van der Waals surface area contributed by atoms with E-state index in [1.165, 1.54) is 0 Å². The quantitative estimate of drug-likeness (QED) is 0.620. The van der Waals surface area contributed by atoms with Crippen molar-refractivity contribution in [3.05, 3.63) is 23.8 Å². The fraction of sp³-hybridized carbons (Fsp3) is 0.357. The number of anilines is 2. The molecular weight excluding hydrogens is 258 g/mol. The number of piperidine rings is 1. The van der Waals surface area contributed by atoms with E-state index >= 15 is 0 Å². The monoisotopic (exact) mass is 273 g/mol. The van der Waals surface area contributed by atoms with Crippen LogP contribution in [-0.2, 0) is 14.4 Å². The molecule has 1 aliphatic heterocycles. The van der Waals surface area contributed by atoms with Crippen LogP contribution in [-0.4, -0.2) is 29.2 Å². The van der Waals surface area contributed by atoms with Crippen LogP contribution in [0.1, 0.15) is 12.0 Å². The molecule has 20 heavy (non-hydrogen) atoms. The van der Waals surface area contributed by atoms with Gasteiger partial charge in [-0.15, -0.1) is 0 Å². The molecule has 1 heterocycles. The average molecular weight is 273 g/mol. The van der Waals surface area contributed by atoms with Crippen molar-refractivity contribution in [2.24, 2.45) is 11.8 Å². The molecule has 3 amide bonds. The van der Waals surface area contributed by atoms with Crippen molar-refractivity contribution in [3.8, 4) is 0 Å². The Kier molecular flexibility index (Phi) is 2.74. The molecule has 1 aromatic carbocycles. The second kappa shape index (κ2) is 4.33.